The van der Waals surface area contributed by atoms with E-state index in [4.69, 9.17) is 9.84 Å². The molecule has 12 heavy (non-hydrogen) atoms. The normalized spacial score (nSPS) is 13.7. The molecule has 0 aromatic rings. The molecule has 0 heterocycles. The van der Waals surface area contributed by atoms with Crippen LogP contribution in [0, 0.1) is 0 Å². The molecule has 3 heteroatoms. The maximum Gasteiger partial charge on any atom is 0.331 e. The molecule has 0 saturated carbocycles. The number of hydrogen-bond donors (Lipinski definition) is 1. The summed E-state index contributed by atoms with van der Waals surface area (Å²) in [5, 5.41) is 8.54. The summed E-state index contributed by atoms with van der Waals surface area (Å²) in [6.07, 6.45) is 3.44. The van der Waals surface area contributed by atoms with Gasteiger partial charge in [-0.3, -0.25) is 0 Å². The van der Waals surface area contributed by atoms with E-state index in [1.165, 1.54) is 13.2 Å². The second-order valence-electron chi connectivity index (χ2n) is 2.40. The summed E-state index contributed by atoms with van der Waals surface area (Å²) < 4.78 is 5.04. The van der Waals surface area contributed by atoms with Crippen LogP contribution in [0.2, 0.25) is 0 Å². The Morgan fingerprint density at radius 3 is 2.67 bits per heavy atom. The molecule has 0 rings (SSSR count). The molecule has 0 aliphatic heterocycles. The monoisotopic (exact) mass is 170 g/mol. The van der Waals surface area contributed by atoms with Crippen LogP contribution in [0.4, 0.5) is 0 Å². The molecule has 0 aromatic heterocycles. The van der Waals surface area contributed by atoms with Crippen LogP contribution in [0.5, 0.6) is 0 Å². The minimum atomic E-state index is -0.916. The fraction of sp³-hybridized carbons (Fsp3) is 0.444. The zero-order valence-corrected chi connectivity index (χ0v) is 7.41. The second-order valence-corrected chi connectivity index (χ2v) is 2.40. The van der Waals surface area contributed by atoms with Gasteiger partial charge >= 0.3 is 5.97 Å². The first-order chi connectivity index (χ1) is 5.61. The van der Waals surface area contributed by atoms with Crippen molar-refractivity contribution >= 4 is 5.97 Å². The van der Waals surface area contributed by atoms with E-state index in [-0.39, 0.29) is 6.10 Å². The molecule has 0 saturated heterocycles. The summed E-state index contributed by atoms with van der Waals surface area (Å²) in [6.45, 7) is 6.86. The first-order valence-electron chi connectivity index (χ1n) is 3.79. The number of carboxylic acids is 1. The van der Waals surface area contributed by atoms with Crippen LogP contribution >= 0.6 is 0 Å². The maximum absolute atomic E-state index is 10.4. The van der Waals surface area contributed by atoms with Crippen LogP contribution in [-0.2, 0) is 9.53 Å². The number of rotatable bonds is 5. The number of hydrogen-bond acceptors (Lipinski definition) is 2. The molecule has 1 N–H and O–H groups in total. The van der Waals surface area contributed by atoms with Crippen molar-refractivity contribution in [2.75, 3.05) is 0 Å². The Balaban J connectivity index is 4.24. The molecule has 0 spiro atoms. The SMILES string of the molecule is C=COC(/C=C(\C)C(=O)O)CC. The Bertz CT molecular complexity index is 194. The molecule has 0 bridgehead atoms. The molecule has 0 aliphatic rings. The third-order valence-electron chi connectivity index (χ3n) is 1.45. The Morgan fingerprint density at radius 2 is 2.33 bits per heavy atom. The largest absolute Gasteiger partial charge is 0.495 e. The summed E-state index contributed by atoms with van der Waals surface area (Å²) in [4.78, 5) is 10.4. The van der Waals surface area contributed by atoms with Crippen molar-refractivity contribution in [2.24, 2.45) is 0 Å². The highest BCUT2D eigenvalue weighted by Crippen LogP contribution is 2.04. The van der Waals surface area contributed by atoms with Crippen molar-refractivity contribution < 1.29 is 14.6 Å². The Hall–Kier alpha value is -1.25. The molecule has 1 atom stereocenters. The van der Waals surface area contributed by atoms with Gasteiger partial charge in [0, 0.05) is 5.57 Å². The smallest absolute Gasteiger partial charge is 0.331 e. The van der Waals surface area contributed by atoms with Crippen LogP contribution in [-0.4, -0.2) is 17.2 Å². The molecule has 0 radical (unpaired) electrons. The van der Waals surface area contributed by atoms with E-state index in [0.29, 0.717) is 5.57 Å². The minimum Gasteiger partial charge on any atom is -0.495 e. The quantitative estimate of drug-likeness (QED) is 0.506. The van der Waals surface area contributed by atoms with Gasteiger partial charge in [-0.25, -0.2) is 4.79 Å². The minimum absolute atomic E-state index is 0.182. The second kappa shape index (κ2) is 5.41. The van der Waals surface area contributed by atoms with Crippen molar-refractivity contribution in [1.29, 1.82) is 0 Å². The van der Waals surface area contributed by atoms with Crippen molar-refractivity contribution in [3.05, 3.63) is 24.5 Å². The van der Waals surface area contributed by atoms with Crippen molar-refractivity contribution in [3.8, 4) is 0 Å². The highest BCUT2D eigenvalue weighted by atomic mass is 16.5. The molecule has 68 valence electrons. The first kappa shape index (κ1) is 10.8. The Labute approximate surface area is 72.3 Å². The molecule has 0 fully saturated rings. The summed E-state index contributed by atoms with van der Waals surface area (Å²) in [5.74, 6) is -0.916. The first-order valence-corrected chi connectivity index (χ1v) is 3.79. The maximum atomic E-state index is 10.4. The molecule has 1 unspecified atom stereocenters. The number of carboxylic acid groups (broad SMARTS) is 1. The summed E-state index contributed by atoms with van der Waals surface area (Å²) in [6, 6.07) is 0. The molecule has 3 nitrogen and oxygen atoms in total. The lowest BCUT2D eigenvalue weighted by Crippen LogP contribution is -2.07. The van der Waals surface area contributed by atoms with Gasteiger partial charge in [0.05, 0.1) is 6.26 Å². The fourth-order valence-corrected chi connectivity index (χ4v) is 0.727. The third kappa shape index (κ3) is 3.81. The number of aliphatic carboxylic acids is 1. The zero-order chi connectivity index (χ0) is 9.56. The summed E-state index contributed by atoms with van der Waals surface area (Å²) >= 11 is 0. The standard InChI is InChI=1S/C9H14O3/c1-4-8(12-5-2)6-7(3)9(10)11/h5-6,8H,2,4H2,1,3H3,(H,10,11)/b7-6+. The van der Waals surface area contributed by atoms with E-state index >= 15 is 0 Å². The van der Waals surface area contributed by atoms with Crippen LogP contribution in [0.25, 0.3) is 0 Å². The van der Waals surface area contributed by atoms with E-state index in [9.17, 15) is 4.79 Å². The van der Waals surface area contributed by atoms with E-state index < -0.39 is 5.97 Å². The van der Waals surface area contributed by atoms with E-state index in [0.717, 1.165) is 6.42 Å². The predicted molar refractivity (Wildman–Crippen MR) is 46.8 cm³/mol. The lowest BCUT2D eigenvalue weighted by molar-refractivity contribution is -0.132. The fourth-order valence-electron chi connectivity index (χ4n) is 0.727. The van der Waals surface area contributed by atoms with E-state index in [1.54, 1.807) is 6.08 Å². The van der Waals surface area contributed by atoms with Gasteiger partial charge in [-0.2, -0.15) is 0 Å². The molecule has 0 aromatic carbocycles. The average molecular weight is 170 g/mol. The van der Waals surface area contributed by atoms with Gasteiger partial charge in [0.2, 0.25) is 0 Å². The van der Waals surface area contributed by atoms with Crippen molar-refractivity contribution in [1.82, 2.24) is 0 Å². The van der Waals surface area contributed by atoms with Crippen molar-refractivity contribution in [2.45, 2.75) is 26.4 Å². The Morgan fingerprint density at radius 1 is 1.75 bits per heavy atom. The molecular weight excluding hydrogens is 156 g/mol. The highest BCUT2D eigenvalue weighted by molar-refractivity contribution is 5.85. The lowest BCUT2D eigenvalue weighted by atomic mass is 10.2. The van der Waals surface area contributed by atoms with Crippen LogP contribution in [0.15, 0.2) is 24.5 Å². The summed E-state index contributed by atoms with van der Waals surface area (Å²) in [5.41, 5.74) is 0.295. The summed E-state index contributed by atoms with van der Waals surface area (Å²) in [7, 11) is 0. The topological polar surface area (TPSA) is 46.5 Å². The molecular formula is C9H14O3. The van der Waals surface area contributed by atoms with Gasteiger partial charge in [-0.1, -0.05) is 13.5 Å². The van der Waals surface area contributed by atoms with E-state index in [1.807, 2.05) is 6.92 Å². The van der Waals surface area contributed by atoms with Gasteiger partial charge in [-0.15, -0.1) is 0 Å². The zero-order valence-electron chi connectivity index (χ0n) is 7.41. The van der Waals surface area contributed by atoms with Crippen LogP contribution in [0.1, 0.15) is 20.3 Å². The van der Waals surface area contributed by atoms with Gasteiger partial charge in [0.25, 0.3) is 0 Å². The molecule has 0 amide bonds. The van der Waals surface area contributed by atoms with Crippen molar-refractivity contribution in [3.63, 3.8) is 0 Å². The van der Waals surface area contributed by atoms with Gasteiger partial charge in [0.15, 0.2) is 0 Å². The number of carbonyl (C=O) groups is 1. The number of ether oxygens (including phenoxy) is 1. The van der Waals surface area contributed by atoms with Crippen LogP contribution in [0.3, 0.4) is 0 Å². The van der Waals surface area contributed by atoms with Gasteiger partial charge in [-0.05, 0) is 19.4 Å². The lowest BCUT2D eigenvalue weighted by Gasteiger charge is -2.09. The van der Waals surface area contributed by atoms with E-state index in [2.05, 4.69) is 6.58 Å². The van der Waals surface area contributed by atoms with Gasteiger partial charge in [0.1, 0.15) is 6.10 Å². The average Bonchev–Trinajstić information content (AvgIpc) is 2.03. The highest BCUT2D eigenvalue weighted by Gasteiger charge is 2.05. The van der Waals surface area contributed by atoms with Crippen LogP contribution < -0.4 is 0 Å². The molecule has 0 aliphatic carbocycles. The van der Waals surface area contributed by atoms with Gasteiger partial charge < -0.3 is 9.84 Å². The third-order valence-corrected chi connectivity index (χ3v) is 1.45. The Kier molecular flexibility index (Phi) is 4.84. The predicted octanol–water partition coefficient (Wildman–Crippen LogP) is 1.96.